The summed E-state index contributed by atoms with van der Waals surface area (Å²) in [7, 11) is 0. The molecule has 0 saturated heterocycles. The first-order valence-corrected chi connectivity index (χ1v) is 10.2. The standard InChI is InChI=1S/C23H21F3N6O/c1-2-20(33)29-15-6-4-7-16(11-15)30-21-18(23(24,25)26)13-28-22(32-21)31-19-8-3-5-14-12-27-10-9-17(14)19/h2-8,11,13,27H,1,9-10,12H2,(H,29,33)(H2,28,30,31,32). The minimum Gasteiger partial charge on any atom is -0.339 e. The first-order valence-electron chi connectivity index (χ1n) is 10.2. The third kappa shape index (κ3) is 5.29. The monoisotopic (exact) mass is 454 g/mol. The minimum atomic E-state index is -4.66. The van der Waals surface area contributed by atoms with Gasteiger partial charge in [0.15, 0.2) is 0 Å². The van der Waals surface area contributed by atoms with Crippen LogP contribution in [0.5, 0.6) is 0 Å². The predicted octanol–water partition coefficient (Wildman–Crippen LogP) is 4.75. The Labute approximate surface area is 188 Å². The molecule has 0 spiro atoms. The average molecular weight is 454 g/mol. The van der Waals surface area contributed by atoms with Gasteiger partial charge in [0.05, 0.1) is 0 Å². The Morgan fingerprint density at radius 2 is 1.91 bits per heavy atom. The number of alkyl halides is 3. The number of nitrogens with zero attached hydrogens (tertiary/aromatic N) is 2. The average Bonchev–Trinajstić information content (AvgIpc) is 2.79. The Hall–Kier alpha value is -3.92. The van der Waals surface area contributed by atoms with E-state index in [1.807, 2.05) is 18.2 Å². The SMILES string of the molecule is C=CC(=O)Nc1cccc(Nc2nc(Nc3cccc4c3CCNC4)ncc2C(F)(F)F)c1. The number of fused-ring (bicyclic) bond motifs is 1. The molecule has 1 aliphatic rings. The number of rotatable bonds is 6. The predicted molar refractivity (Wildman–Crippen MR) is 121 cm³/mol. The Morgan fingerprint density at radius 3 is 2.70 bits per heavy atom. The summed E-state index contributed by atoms with van der Waals surface area (Å²) in [5.41, 5.74) is 2.67. The van der Waals surface area contributed by atoms with Gasteiger partial charge in [-0.2, -0.15) is 18.2 Å². The van der Waals surface area contributed by atoms with Crippen LogP contribution in [0.1, 0.15) is 16.7 Å². The van der Waals surface area contributed by atoms with Crippen molar-refractivity contribution in [3.8, 4) is 0 Å². The highest BCUT2D eigenvalue weighted by molar-refractivity contribution is 5.99. The Kier molecular flexibility index (Phi) is 6.27. The van der Waals surface area contributed by atoms with Crippen LogP contribution in [0.15, 0.2) is 61.3 Å². The molecule has 0 radical (unpaired) electrons. The van der Waals surface area contributed by atoms with Crippen LogP contribution < -0.4 is 21.3 Å². The largest absolute Gasteiger partial charge is 0.421 e. The third-order valence-electron chi connectivity index (χ3n) is 5.06. The number of amides is 1. The zero-order valence-electron chi connectivity index (χ0n) is 17.5. The molecular formula is C23H21F3N6O. The number of carbonyl (C=O) groups is 1. The summed E-state index contributed by atoms with van der Waals surface area (Å²) < 4.78 is 40.8. The number of anilines is 5. The molecule has 170 valence electrons. The van der Waals surface area contributed by atoms with Crippen LogP contribution in [-0.4, -0.2) is 22.4 Å². The second-order valence-corrected chi connectivity index (χ2v) is 7.35. The van der Waals surface area contributed by atoms with Gasteiger partial charge in [0.25, 0.3) is 0 Å². The third-order valence-corrected chi connectivity index (χ3v) is 5.06. The van der Waals surface area contributed by atoms with Crippen LogP contribution in [-0.2, 0) is 23.9 Å². The maximum absolute atomic E-state index is 13.6. The van der Waals surface area contributed by atoms with Crippen molar-refractivity contribution >= 4 is 34.7 Å². The van der Waals surface area contributed by atoms with Crippen molar-refractivity contribution in [1.82, 2.24) is 15.3 Å². The smallest absolute Gasteiger partial charge is 0.339 e. The van der Waals surface area contributed by atoms with Crippen molar-refractivity contribution in [1.29, 1.82) is 0 Å². The van der Waals surface area contributed by atoms with Gasteiger partial charge >= 0.3 is 6.18 Å². The maximum atomic E-state index is 13.6. The van der Waals surface area contributed by atoms with E-state index < -0.39 is 23.5 Å². The van der Waals surface area contributed by atoms with Crippen molar-refractivity contribution in [2.45, 2.75) is 19.1 Å². The summed E-state index contributed by atoms with van der Waals surface area (Å²) in [6.45, 7) is 4.91. The van der Waals surface area contributed by atoms with Crippen molar-refractivity contribution in [2.75, 3.05) is 22.5 Å². The van der Waals surface area contributed by atoms with E-state index in [1.54, 1.807) is 18.2 Å². The summed E-state index contributed by atoms with van der Waals surface area (Å²) in [5, 5.41) is 11.6. The molecule has 1 aromatic heterocycles. The minimum absolute atomic E-state index is 0.0357. The molecule has 2 heterocycles. The van der Waals surface area contributed by atoms with Crippen LogP contribution in [0, 0.1) is 0 Å². The highest BCUT2D eigenvalue weighted by atomic mass is 19.4. The molecule has 0 fully saturated rings. The molecule has 0 bridgehead atoms. The zero-order chi connectivity index (χ0) is 23.4. The molecule has 0 atom stereocenters. The second-order valence-electron chi connectivity index (χ2n) is 7.35. The Morgan fingerprint density at radius 1 is 1.12 bits per heavy atom. The van der Waals surface area contributed by atoms with Gasteiger partial charge in [-0.25, -0.2) is 4.98 Å². The molecule has 1 aliphatic heterocycles. The lowest BCUT2D eigenvalue weighted by Gasteiger charge is -2.21. The summed E-state index contributed by atoms with van der Waals surface area (Å²) >= 11 is 0. The highest BCUT2D eigenvalue weighted by Gasteiger charge is 2.35. The van der Waals surface area contributed by atoms with Crippen LogP contribution in [0.25, 0.3) is 0 Å². The van der Waals surface area contributed by atoms with E-state index in [9.17, 15) is 18.0 Å². The van der Waals surface area contributed by atoms with Crippen molar-refractivity contribution < 1.29 is 18.0 Å². The van der Waals surface area contributed by atoms with E-state index >= 15 is 0 Å². The lowest BCUT2D eigenvalue weighted by molar-refractivity contribution is -0.137. The molecular weight excluding hydrogens is 433 g/mol. The lowest BCUT2D eigenvalue weighted by Crippen LogP contribution is -2.24. The van der Waals surface area contributed by atoms with Gasteiger partial charge in [0.1, 0.15) is 11.4 Å². The number of halogens is 3. The normalized spacial score (nSPS) is 13.1. The number of aromatic nitrogens is 2. The summed E-state index contributed by atoms with van der Waals surface area (Å²) in [6.07, 6.45) is -2.03. The first-order chi connectivity index (χ1) is 15.8. The van der Waals surface area contributed by atoms with E-state index in [4.69, 9.17) is 0 Å². The number of hydrogen-bond acceptors (Lipinski definition) is 6. The zero-order valence-corrected chi connectivity index (χ0v) is 17.5. The van der Waals surface area contributed by atoms with Gasteiger partial charge in [-0.1, -0.05) is 24.8 Å². The Bertz CT molecular complexity index is 1200. The fourth-order valence-electron chi connectivity index (χ4n) is 3.52. The summed E-state index contributed by atoms with van der Waals surface area (Å²) in [5.74, 6) is -0.801. The summed E-state index contributed by atoms with van der Waals surface area (Å²) in [6, 6.07) is 12.0. The number of benzene rings is 2. The van der Waals surface area contributed by atoms with Crippen molar-refractivity contribution in [3.63, 3.8) is 0 Å². The van der Waals surface area contributed by atoms with Crippen molar-refractivity contribution in [2.24, 2.45) is 0 Å². The van der Waals surface area contributed by atoms with E-state index in [0.717, 1.165) is 48.6 Å². The molecule has 3 aromatic rings. The van der Waals surface area contributed by atoms with Gasteiger partial charge in [0.2, 0.25) is 11.9 Å². The van der Waals surface area contributed by atoms with E-state index in [0.29, 0.717) is 11.4 Å². The van der Waals surface area contributed by atoms with Gasteiger partial charge in [-0.15, -0.1) is 0 Å². The highest BCUT2D eigenvalue weighted by Crippen LogP contribution is 2.36. The molecule has 4 N–H and O–H groups in total. The molecule has 7 nitrogen and oxygen atoms in total. The number of carbonyl (C=O) groups excluding carboxylic acids is 1. The molecule has 33 heavy (non-hydrogen) atoms. The van der Waals surface area contributed by atoms with E-state index in [1.165, 1.54) is 6.07 Å². The quantitative estimate of drug-likeness (QED) is 0.402. The van der Waals surface area contributed by atoms with Crippen LogP contribution in [0.3, 0.4) is 0 Å². The van der Waals surface area contributed by atoms with E-state index in [-0.39, 0.29) is 5.95 Å². The van der Waals surface area contributed by atoms with Crippen molar-refractivity contribution in [3.05, 3.63) is 78.0 Å². The van der Waals surface area contributed by atoms with Gasteiger partial charge in [-0.05, 0) is 54.4 Å². The molecule has 2 aromatic carbocycles. The fourth-order valence-corrected chi connectivity index (χ4v) is 3.52. The molecule has 10 heteroatoms. The number of nitrogens with one attached hydrogen (secondary N) is 4. The van der Waals surface area contributed by atoms with Crippen LogP contribution in [0.2, 0.25) is 0 Å². The van der Waals surface area contributed by atoms with Gasteiger partial charge in [0, 0.05) is 29.8 Å². The second kappa shape index (κ2) is 9.29. The summed E-state index contributed by atoms with van der Waals surface area (Å²) in [4.78, 5) is 19.5. The maximum Gasteiger partial charge on any atom is 0.421 e. The molecule has 0 aliphatic carbocycles. The molecule has 4 rings (SSSR count). The van der Waals surface area contributed by atoms with Gasteiger partial charge < -0.3 is 21.3 Å². The van der Waals surface area contributed by atoms with Crippen LogP contribution in [0.4, 0.5) is 42.0 Å². The molecule has 0 saturated carbocycles. The first kappa shape index (κ1) is 22.3. The number of hydrogen-bond donors (Lipinski definition) is 4. The Balaban J connectivity index is 1.65. The van der Waals surface area contributed by atoms with Crippen LogP contribution >= 0.6 is 0 Å². The topological polar surface area (TPSA) is 91.0 Å². The lowest BCUT2D eigenvalue weighted by atomic mass is 9.99. The molecule has 0 unspecified atom stereocenters. The van der Waals surface area contributed by atoms with Gasteiger partial charge in [-0.3, -0.25) is 4.79 Å². The molecule has 1 amide bonds. The fraction of sp³-hybridized carbons (Fsp3) is 0.174. The van der Waals surface area contributed by atoms with E-state index in [2.05, 4.69) is 37.8 Å².